The Morgan fingerprint density at radius 1 is 1.26 bits per heavy atom. The molecule has 2 aromatic heterocycles. The molecule has 1 aliphatic rings. The number of fused-ring (bicyclic) bond motifs is 1. The summed E-state index contributed by atoms with van der Waals surface area (Å²) in [6, 6.07) is 5.37. The molecule has 3 aromatic rings. The number of alkyl halides is 3. The van der Waals surface area contributed by atoms with E-state index in [1.54, 1.807) is 22.8 Å². The number of anilines is 1. The van der Waals surface area contributed by atoms with E-state index in [-0.39, 0.29) is 42.3 Å². The molecule has 10 nitrogen and oxygen atoms in total. The number of nitrogens with zero attached hydrogens (tertiary/aromatic N) is 4. The lowest BCUT2D eigenvalue weighted by molar-refractivity contribution is -0.137. The topological polar surface area (TPSA) is 127 Å². The molecule has 1 amide bonds. The Morgan fingerprint density at radius 2 is 2.00 bits per heavy atom. The molecule has 0 spiro atoms. The molecule has 0 bridgehead atoms. The van der Waals surface area contributed by atoms with Crippen molar-refractivity contribution in [2.75, 3.05) is 31.3 Å². The minimum atomic E-state index is -4.75. The summed E-state index contributed by atoms with van der Waals surface area (Å²) in [4.78, 5) is 20.9. The number of amides is 1. The Morgan fingerprint density at radius 3 is 2.64 bits per heavy atom. The number of likely N-dealkylation sites (tertiary alicyclic amines) is 1. The fraction of sp³-hybridized carbons (Fsp3) is 0.519. The molecule has 0 unspecified atom stereocenters. The van der Waals surface area contributed by atoms with Gasteiger partial charge in [0.25, 0.3) is 0 Å². The van der Waals surface area contributed by atoms with Gasteiger partial charge in [-0.25, -0.2) is 23.2 Å². The molecule has 42 heavy (non-hydrogen) atoms. The van der Waals surface area contributed by atoms with Gasteiger partial charge in [0.05, 0.1) is 17.0 Å². The number of carbonyl (C=O) groups is 1. The monoisotopic (exact) mass is 627 g/mol. The number of piperidine rings is 1. The highest BCUT2D eigenvalue weighted by atomic mass is 32.2. The first-order valence-electron chi connectivity index (χ1n) is 13.6. The number of carboxylic acid groups (broad SMARTS) is 1. The molecule has 3 heterocycles. The van der Waals surface area contributed by atoms with E-state index in [1.165, 1.54) is 11.1 Å². The average Bonchev–Trinajstić information content (AvgIpc) is 3.22. The lowest BCUT2D eigenvalue weighted by Gasteiger charge is -2.31. The number of rotatable bonds is 10. The smallest absolute Gasteiger partial charge is 0.419 e. The summed E-state index contributed by atoms with van der Waals surface area (Å²) in [6.45, 7) is 7.72. The lowest BCUT2D eigenvalue weighted by Crippen LogP contribution is -2.44. The third-order valence-corrected chi connectivity index (χ3v) is 9.54. The first kappa shape index (κ1) is 31.8. The third kappa shape index (κ3) is 8.22. The molecule has 1 atom stereocenters. The molecule has 2 N–H and O–H groups in total. The van der Waals surface area contributed by atoms with Crippen LogP contribution < -0.4 is 5.32 Å². The molecular weight excluding hydrogens is 591 g/mol. The van der Waals surface area contributed by atoms with Gasteiger partial charge in [0, 0.05) is 63.4 Å². The van der Waals surface area contributed by atoms with Crippen LogP contribution in [0.4, 0.5) is 23.9 Å². The Balaban J connectivity index is 1.76. The van der Waals surface area contributed by atoms with Gasteiger partial charge in [-0.05, 0) is 30.5 Å². The highest BCUT2D eigenvalue weighted by molar-refractivity contribution is 7.89. The predicted octanol–water partition coefficient (Wildman–Crippen LogP) is 5.53. The van der Waals surface area contributed by atoms with Crippen molar-refractivity contribution in [2.24, 2.45) is 0 Å². The van der Waals surface area contributed by atoms with Crippen LogP contribution in [0.15, 0.2) is 30.6 Å². The third-order valence-electron chi connectivity index (χ3n) is 6.98. The van der Waals surface area contributed by atoms with Crippen molar-refractivity contribution >= 4 is 40.9 Å². The Hall–Kier alpha value is -3.17. The van der Waals surface area contributed by atoms with E-state index in [9.17, 15) is 31.5 Å². The minimum Gasteiger partial charge on any atom is -0.465 e. The fourth-order valence-corrected chi connectivity index (χ4v) is 6.42. The summed E-state index contributed by atoms with van der Waals surface area (Å²) in [7, 11) is -4.73. The van der Waals surface area contributed by atoms with Crippen LogP contribution in [-0.4, -0.2) is 79.1 Å². The van der Waals surface area contributed by atoms with Gasteiger partial charge in [-0.15, -0.1) is 0 Å². The van der Waals surface area contributed by atoms with Gasteiger partial charge < -0.3 is 24.6 Å². The summed E-state index contributed by atoms with van der Waals surface area (Å²) >= 11 is 0. The zero-order valence-corrected chi connectivity index (χ0v) is 25.8. The summed E-state index contributed by atoms with van der Waals surface area (Å²) < 4.78 is 74.1. The molecule has 15 heteroatoms. The maximum absolute atomic E-state index is 14.2. The molecule has 4 rings (SSSR count). The van der Waals surface area contributed by atoms with E-state index in [4.69, 9.17) is 4.74 Å². The SMILES string of the molecule is C[Si](C)(C)CCOCn1cc(-c2nc(N[C@H]3CCCN(C(=O)O)C3)ncc2C(F)(F)F)c2ccc(CS(C)(=O)=O)cc21. The van der Waals surface area contributed by atoms with E-state index in [0.717, 1.165) is 18.5 Å². The van der Waals surface area contributed by atoms with Gasteiger partial charge in [-0.1, -0.05) is 31.8 Å². The number of benzene rings is 1. The number of ether oxygens (including phenoxy) is 1. The van der Waals surface area contributed by atoms with Crippen molar-refractivity contribution in [3.8, 4) is 11.3 Å². The maximum atomic E-state index is 14.2. The fourth-order valence-electron chi connectivity index (χ4n) is 4.88. The van der Waals surface area contributed by atoms with Crippen molar-refractivity contribution < 1.29 is 36.2 Å². The molecule has 0 saturated carbocycles. The van der Waals surface area contributed by atoms with Crippen LogP contribution in [0.3, 0.4) is 0 Å². The molecule has 0 aliphatic carbocycles. The first-order valence-corrected chi connectivity index (χ1v) is 19.3. The van der Waals surface area contributed by atoms with Gasteiger partial charge in [-0.3, -0.25) is 0 Å². The zero-order chi connectivity index (χ0) is 30.9. The van der Waals surface area contributed by atoms with Crippen LogP contribution in [0.5, 0.6) is 0 Å². The first-order chi connectivity index (χ1) is 19.5. The van der Waals surface area contributed by atoms with Crippen LogP contribution in [0.1, 0.15) is 24.0 Å². The van der Waals surface area contributed by atoms with E-state index < -0.39 is 35.7 Å². The second-order valence-electron chi connectivity index (χ2n) is 11.9. The zero-order valence-electron chi connectivity index (χ0n) is 24.0. The molecule has 230 valence electrons. The molecule has 1 aliphatic heterocycles. The van der Waals surface area contributed by atoms with E-state index in [1.807, 2.05) is 0 Å². The van der Waals surface area contributed by atoms with Crippen LogP contribution in [0.25, 0.3) is 22.2 Å². The van der Waals surface area contributed by atoms with Gasteiger partial charge in [0.1, 0.15) is 12.3 Å². The highest BCUT2D eigenvalue weighted by Crippen LogP contribution is 2.40. The molecule has 0 radical (unpaired) electrons. The van der Waals surface area contributed by atoms with Crippen molar-refractivity contribution in [1.29, 1.82) is 0 Å². The van der Waals surface area contributed by atoms with Crippen LogP contribution in [0, 0.1) is 0 Å². The summed E-state index contributed by atoms with van der Waals surface area (Å²) in [5.74, 6) is -0.263. The minimum absolute atomic E-state index is 0.0452. The summed E-state index contributed by atoms with van der Waals surface area (Å²) in [6.07, 6.45) is -1.22. The van der Waals surface area contributed by atoms with Crippen LogP contribution >= 0.6 is 0 Å². The van der Waals surface area contributed by atoms with E-state index in [0.29, 0.717) is 42.5 Å². The average molecular weight is 628 g/mol. The molecule has 1 fully saturated rings. The van der Waals surface area contributed by atoms with Crippen LogP contribution in [0.2, 0.25) is 25.7 Å². The number of hydrogen-bond donors (Lipinski definition) is 2. The Kier molecular flexibility index (Phi) is 9.23. The number of nitrogens with one attached hydrogen (secondary N) is 1. The highest BCUT2D eigenvalue weighted by Gasteiger charge is 2.36. The largest absolute Gasteiger partial charge is 0.465 e. The number of halogens is 3. The van der Waals surface area contributed by atoms with Crippen molar-refractivity contribution in [1.82, 2.24) is 19.4 Å². The molecular formula is C27H36F3N5O5SSi. The summed E-state index contributed by atoms with van der Waals surface area (Å²) in [5.41, 5.74) is -0.155. The van der Waals surface area contributed by atoms with E-state index in [2.05, 4.69) is 34.9 Å². The second kappa shape index (κ2) is 12.2. The lowest BCUT2D eigenvalue weighted by atomic mass is 10.0. The van der Waals surface area contributed by atoms with Gasteiger partial charge in [-0.2, -0.15) is 13.2 Å². The number of hydrogen-bond acceptors (Lipinski definition) is 7. The molecule has 1 saturated heterocycles. The Bertz CT molecular complexity index is 1560. The van der Waals surface area contributed by atoms with Crippen molar-refractivity contribution in [2.45, 2.75) is 63.2 Å². The summed E-state index contributed by atoms with van der Waals surface area (Å²) in [5, 5.41) is 12.8. The standard InChI is InChI=1S/C27H36F3N5O5SSi/c1-41(38,39)16-18-7-8-20-21(15-35(23(20)12-18)17-40-10-11-42(2,3)4)24-22(27(28,29)30)13-31-25(33-24)32-19-6-5-9-34(14-19)26(36)37/h7-8,12-13,15,19H,5-6,9-11,14,16-17H2,1-4H3,(H,36,37)(H,31,32,33)/t19-/m0/s1. The van der Waals surface area contributed by atoms with Gasteiger partial charge in [0.15, 0.2) is 9.84 Å². The normalized spacial score (nSPS) is 16.6. The maximum Gasteiger partial charge on any atom is 0.419 e. The predicted molar refractivity (Wildman–Crippen MR) is 157 cm³/mol. The Labute approximate surface area is 243 Å². The molecule has 1 aromatic carbocycles. The van der Waals surface area contributed by atoms with Crippen molar-refractivity contribution in [3.63, 3.8) is 0 Å². The van der Waals surface area contributed by atoms with Crippen molar-refractivity contribution in [3.05, 3.63) is 41.7 Å². The second-order valence-corrected chi connectivity index (χ2v) is 19.7. The quantitative estimate of drug-likeness (QED) is 0.222. The number of aromatic nitrogens is 3. The number of sulfone groups is 1. The van der Waals surface area contributed by atoms with E-state index >= 15 is 0 Å². The van der Waals surface area contributed by atoms with Gasteiger partial charge in [0.2, 0.25) is 5.95 Å². The van der Waals surface area contributed by atoms with Gasteiger partial charge >= 0.3 is 12.3 Å². The van der Waals surface area contributed by atoms with Crippen LogP contribution in [-0.2, 0) is 33.2 Å².